The molecule has 0 aliphatic carbocycles. The molecule has 2 rings (SSSR count). The predicted molar refractivity (Wildman–Crippen MR) is 80.6 cm³/mol. The standard InChI is InChI=1S/C15H23N3O3/c1-2-8-18-11-7-16-14(15(18)21)17-9-5-12(6-10-17)3-4-13(19)20/h7,11-12H,2-6,8-10H2,1H3,(H,19,20). The van der Waals surface area contributed by atoms with Crippen LogP contribution in [0.4, 0.5) is 5.82 Å². The van der Waals surface area contributed by atoms with E-state index in [1.54, 1.807) is 17.0 Å². The molecule has 1 aromatic rings. The fourth-order valence-corrected chi connectivity index (χ4v) is 2.83. The maximum absolute atomic E-state index is 12.3. The first-order chi connectivity index (χ1) is 10.1. The first kappa shape index (κ1) is 15.5. The van der Waals surface area contributed by atoms with E-state index < -0.39 is 5.97 Å². The molecule has 1 aliphatic heterocycles. The van der Waals surface area contributed by atoms with Crippen LogP contribution in [0.2, 0.25) is 0 Å². The Morgan fingerprint density at radius 2 is 2.14 bits per heavy atom. The van der Waals surface area contributed by atoms with Gasteiger partial charge in [0, 0.05) is 38.4 Å². The molecular formula is C15H23N3O3. The SMILES string of the molecule is CCCn1ccnc(N2CCC(CCC(=O)O)CC2)c1=O. The topological polar surface area (TPSA) is 75.4 Å². The summed E-state index contributed by atoms with van der Waals surface area (Å²) in [6.45, 7) is 4.31. The molecule has 0 saturated carbocycles. The van der Waals surface area contributed by atoms with Crippen LogP contribution in [-0.4, -0.2) is 33.7 Å². The quantitative estimate of drug-likeness (QED) is 0.864. The second-order valence-electron chi connectivity index (χ2n) is 5.61. The molecule has 21 heavy (non-hydrogen) atoms. The van der Waals surface area contributed by atoms with Gasteiger partial charge >= 0.3 is 5.97 Å². The van der Waals surface area contributed by atoms with Gasteiger partial charge in [-0.05, 0) is 31.6 Å². The van der Waals surface area contributed by atoms with E-state index in [9.17, 15) is 9.59 Å². The summed E-state index contributed by atoms with van der Waals surface area (Å²) in [6.07, 6.45) is 7.15. The monoisotopic (exact) mass is 293 g/mol. The number of carbonyl (C=O) groups is 1. The Kier molecular flexibility index (Phi) is 5.36. The van der Waals surface area contributed by atoms with Crippen molar-refractivity contribution >= 4 is 11.8 Å². The van der Waals surface area contributed by atoms with Gasteiger partial charge in [-0.15, -0.1) is 0 Å². The third-order valence-electron chi connectivity index (χ3n) is 4.04. The normalized spacial score (nSPS) is 16.1. The van der Waals surface area contributed by atoms with Gasteiger partial charge in [-0.1, -0.05) is 6.92 Å². The van der Waals surface area contributed by atoms with Gasteiger partial charge in [0.1, 0.15) is 0 Å². The van der Waals surface area contributed by atoms with Gasteiger partial charge < -0.3 is 14.6 Å². The van der Waals surface area contributed by atoms with E-state index in [0.29, 0.717) is 18.3 Å². The van der Waals surface area contributed by atoms with Crippen LogP contribution in [-0.2, 0) is 11.3 Å². The Hall–Kier alpha value is -1.85. The van der Waals surface area contributed by atoms with Crippen molar-refractivity contribution in [3.8, 4) is 0 Å². The number of carboxylic acid groups (broad SMARTS) is 1. The van der Waals surface area contributed by atoms with Crippen molar-refractivity contribution in [3.63, 3.8) is 0 Å². The highest BCUT2D eigenvalue weighted by Crippen LogP contribution is 2.23. The number of aliphatic carboxylic acids is 1. The molecule has 116 valence electrons. The maximum atomic E-state index is 12.3. The van der Waals surface area contributed by atoms with Crippen LogP contribution in [0.5, 0.6) is 0 Å². The molecule has 1 aliphatic rings. The second kappa shape index (κ2) is 7.24. The third kappa shape index (κ3) is 4.06. The van der Waals surface area contributed by atoms with Crippen molar-refractivity contribution in [2.45, 2.75) is 45.6 Å². The minimum atomic E-state index is -0.732. The van der Waals surface area contributed by atoms with E-state index in [4.69, 9.17) is 5.11 Å². The van der Waals surface area contributed by atoms with Gasteiger partial charge in [-0.25, -0.2) is 4.98 Å². The summed E-state index contributed by atoms with van der Waals surface area (Å²) in [5.41, 5.74) is -0.0247. The Balaban J connectivity index is 1.97. The van der Waals surface area contributed by atoms with Gasteiger partial charge in [0.05, 0.1) is 0 Å². The molecule has 0 unspecified atom stereocenters. The Morgan fingerprint density at radius 3 is 2.76 bits per heavy atom. The fraction of sp³-hybridized carbons (Fsp3) is 0.667. The zero-order valence-electron chi connectivity index (χ0n) is 12.5. The van der Waals surface area contributed by atoms with Gasteiger partial charge in [0.25, 0.3) is 5.56 Å². The third-order valence-corrected chi connectivity index (χ3v) is 4.04. The Labute approximate surface area is 124 Å². The largest absolute Gasteiger partial charge is 0.481 e. The first-order valence-corrected chi connectivity index (χ1v) is 7.64. The minimum Gasteiger partial charge on any atom is -0.481 e. The molecule has 0 spiro atoms. The van der Waals surface area contributed by atoms with E-state index in [2.05, 4.69) is 4.98 Å². The van der Waals surface area contributed by atoms with E-state index in [0.717, 1.165) is 38.8 Å². The molecule has 6 heteroatoms. The molecule has 6 nitrogen and oxygen atoms in total. The van der Waals surface area contributed by atoms with Crippen LogP contribution in [0.15, 0.2) is 17.2 Å². The molecule has 2 heterocycles. The number of hydrogen-bond donors (Lipinski definition) is 1. The lowest BCUT2D eigenvalue weighted by molar-refractivity contribution is -0.137. The van der Waals surface area contributed by atoms with E-state index in [1.807, 2.05) is 11.8 Å². The van der Waals surface area contributed by atoms with Gasteiger partial charge in [0.2, 0.25) is 0 Å². The van der Waals surface area contributed by atoms with Crippen LogP contribution >= 0.6 is 0 Å². The highest BCUT2D eigenvalue weighted by atomic mass is 16.4. The molecular weight excluding hydrogens is 270 g/mol. The average Bonchev–Trinajstić information content (AvgIpc) is 2.48. The number of nitrogens with zero attached hydrogens (tertiary/aromatic N) is 3. The number of rotatable bonds is 6. The van der Waals surface area contributed by atoms with E-state index >= 15 is 0 Å². The van der Waals surface area contributed by atoms with Crippen LogP contribution < -0.4 is 10.5 Å². The molecule has 0 amide bonds. The number of carboxylic acids is 1. The lowest BCUT2D eigenvalue weighted by atomic mass is 9.92. The van der Waals surface area contributed by atoms with Gasteiger partial charge in [-0.2, -0.15) is 0 Å². The first-order valence-electron chi connectivity index (χ1n) is 7.64. The fourth-order valence-electron chi connectivity index (χ4n) is 2.83. The summed E-state index contributed by atoms with van der Waals surface area (Å²) in [6, 6.07) is 0. The molecule has 1 aromatic heterocycles. The molecule has 1 saturated heterocycles. The summed E-state index contributed by atoms with van der Waals surface area (Å²) in [7, 11) is 0. The van der Waals surface area contributed by atoms with Gasteiger partial charge in [0.15, 0.2) is 5.82 Å². The van der Waals surface area contributed by atoms with Gasteiger partial charge in [-0.3, -0.25) is 9.59 Å². The lowest BCUT2D eigenvalue weighted by Gasteiger charge is -2.32. The maximum Gasteiger partial charge on any atom is 0.303 e. The van der Waals surface area contributed by atoms with Crippen molar-refractivity contribution in [1.29, 1.82) is 0 Å². The molecule has 1 fully saturated rings. The molecule has 0 atom stereocenters. The Bertz CT molecular complexity index is 533. The number of aryl methyl sites for hydroxylation is 1. The number of hydrogen-bond acceptors (Lipinski definition) is 4. The Morgan fingerprint density at radius 1 is 1.43 bits per heavy atom. The average molecular weight is 293 g/mol. The summed E-state index contributed by atoms with van der Waals surface area (Å²) in [4.78, 5) is 29.2. The van der Waals surface area contributed by atoms with Crippen molar-refractivity contribution in [3.05, 3.63) is 22.7 Å². The minimum absolute atomic E-state index is 0.0247. The van der Waals surface area contributed by atoms with Crippen LogP contribution in [0.25, 0.3) is 0 Å². The highest BCUT2D eigenvalue weighted by molar-refractivity contribution is 5.66. The summed E-state index contributed by atoms with van der Waals surface area (Å²) < 4.78 is 1.71. The van der Waals surface area contributed by atoms with Crippen molar-refractivity contribution in [1.82, 2.24) is 9.55 Å². The van der Waals surface area contributed by atoms with Crippen LogP contribution in [0.1, 0.15) is 39.0 Å². The second-order valence-corrected chi connectivity index (χ2v) is 5.61. The smallest absolute Gasteiger partial charge is 0.303 e. The number of aromatic nitrogens is 2. The lowest BCUT2D eigenvalue weighted by Crippen LogP contribution is -2.39. The van der Waals surface area contributed by atoms with Crippen molar-refractivity contribution in [2.75, 3.05) is 18.0 Å². The number of piperidine rings is 1. The summed E-state index contributed by atoms with van der Waals surface area (Å²) in [5.74, 6) is 0.242. The van der Waals surface area contributed by atoms with Crippen molar-refractivity contribution in [2.24, 2.45) is 5.92 Å². The number of anilines is 1. The summed E-state index contributed by atoms with van der Waals surface area (Å²) >= 11 is 0. The zero-order chi connectivity index (χ0) is 15.2. The van der Waals surface area contributed by atoms with Crippen LogP contribution in [0, 0.1) is 5.92 Å². The molecule has 0 radical (unpaired) electrons. The van der Waals surface area contributed by atoms with Crippen LogP contribution in [0.3, 0.4) is 0 Å². The molecule has 0 bridgehead atoms. The van der Waals surface area contributed by atoms with Crippen molar-refractivity contribution < 1.29 is 9.90 Å². The summed E-state index contributed by atoms with van der Waals surface area (Å²) in [5, 5.41) is 8.73. The van der Waals surface area contributed by atoms with E-state index in [1.165, 1.54) is 0 Å². The molecule has 0 aromatic carbocycles. The molecule has 1 N–H and O–H groups in total. The van der Waals surface area contributed by atoms with E-state index in [-0.39, 0.29) is 12.0 Å². The predicted octanol–water partition coefficient (Wildman–Crippen LogP) is 1.73. The zero-order valence-corrected chi connectivity index (χ0v) is 12.5. The highest BCUT2D eigenvalue weighted by Gasteiger charge is 2.22.